The number of hydrogen-bond donors (Lipinski definition) is 0. The Kier molecular flexibility index (Phi) is 37.0. The molecule has 302 valence electrons. The number of carbonyl (C=O) groups is 3. The summed E-state index contributed by atoms with van der Waals surface area (Å²) in [5, 5.41) is 0. The molecule has 0 bridgehead atoms. The Hall–Kier alpha value is -1.59. The van der Waals surface area contributed by atoms with Crippen LogP contribution in [0.2, 0.25) is 0 Å². The average Bonchev–Trinajstić information content (AvgIpc) is 3.13. The van der Waals surface area contributed by atoms with E-state index in [4.69, 9.17) is 14.2 Å². The van der Waals surface area contributed by atoms with Gasteiger partial charge in [0.25, 0.3) is 0 Å². The molecule has 0 aliphatic heterocycles. The van der Waals surface area contributed by atoms with Crippen LogP contribution >= 0.6 is 0 Å². The first-order valence-electron chi connectivity index (χ1n) is 22.4. The topological polar surface area (TPSA) is 78.9 Å². The van der Waals surface area contributed by atoms with Gasteiger partial charge in [0.15, 0.2) is 0 Å². The highest BCUT2D eigenvalue weighted by molar-refractivity contribution is 5.70. The number of ether oxygens (including phenoxy) is 3. The first kappa shape index (κ1) is 49.4. The van der Waals surface area contributed by atoms with Crippen LogP contribution in [0.4, 0.5) is 0 Å². The van der Waals surface area contributed by atoms with E-state index >= 15 is 0 Å². The molecule has 0 aliphatic rings. The fourth-order valence-corrected chi connectivity index (χ4v) is 6.62. The summed E-state index contributed by atoms with van der Waals surface area (Å²) >= 11 is 0. The first-order valence-corrected chi connectivity index (χ1v) is 22.4. The second-order valence-electron chi connectivity index (χ2n) is 15.6. The lowest BCUT2D eigenvalue weighted by atomic mass is 9.88. The van der Waals surface area contributed by atoms with E-state index in [1.165, 1.54) is 135 Å². The summed E-state index contributed by atoms with van der Waals surface area (Å²) in [5.74, 6) is -0.665. The molecule has 0 unspecified atom stereocenters. The molecule has 6 nitrogen and oxygen atoms in total. The average molecular weight is 723 g/mol. The van der Waals surface area contributed by atoms with E-state index in [9.17, 15) is 14.4 Å². The zero-order valence-electron chi connectivity index (χ0n) is 34.6. The van der Waals surface area contributed by atoms with Crippen LogP contribution in [-0.2, 0) is 28.6 Å². The third-order valence-corrected chi connectivity index (χ3v) is 10.6. The molecule has 0 aromatic heterocycles. The zero-order valence-corrected chi connectivity index (χ0v) is 34.6. The number of rotatable bonds is 40. The van der Waals surface area contributed by atoms with Crippen molar-refractivity contribution in [2.75, 3.05) is 19.8 Å². The maximum atomic E-state index is 12.7. The molecule has 0 heterocycles. The molecule has 0 N–H and O–H groups in total. The van der Waals surface area contributed by atoms with Gasteiger partial charge in [0.2, 0.25) is 0 Å². The minimum Gasteiger partial charge on any atom is -0.465 e. The largest absolute Gasteiger partial charge is 0.465 e. The van der Waals surface area contributed by atoms with Crippen molar-refractivity contribution < 1.29 is 28.6 Å². The van der Waals surface area contributed by atoms with E-state index in [-0.39, 0.29) is 37.7 Å². The second kappa shape index (κ2) is 38.1. The molecule has 0 aromatic carbocycles. The second-order valence-corrected chi connectivity index (χ2v) is 15.6. The maximum Gasteiger partial charge on any atom is 0.305 e. The van der Waals surface area contributed by atoms with Gasteiger partial charge in [-0.2, -0.15) is 0 Å². The zero-order chi connectivity index (χ0) is 37.5. The Morgan fingerprint density at radius 3 is 0.706 bits per heavy atom. The van der Waals surface area contributed by atoms with Crippen molar-refractivity contribution >= 4 is 17.9 Å². The van der Waals surface area contributed by atoms with Crippen LogP contribution in [-0.4, -0.2) is 37.7 Å². The fourth-order valence-electron chi connectivity index (χ4n) is 6.62. The molecule has 51 heavy (non-hydrogen) atoms. The Morgan fingerprint density at radius 1 is 0.314 bits per heavy atom. The lowest BCUT2D eigenvalue weighted by Gasteiger charge is -2.31. The lowest BCUT2D eigenvalue weighted by molar-refractivity contribution is -0.162. The number of unbranched alkanes of at least 4 members (excludes halogenated alkanes) is 27. The van der Waals surface area contributed by atoms with Crippen molar-refractivity contribution in [2.45, 2.75) is 246 Å². The summed E-state index contributed by atoms with van der Waals surface area (Å²) in [6.07, 6.45) is 38.2. The van der Waals surface area contributed by atoms with Gasteiger partial charge in [-0.25, -0.2) is 0 Å². The molecule has 0 aliphatic carbocycles. The van der Waals surface area contributed by atoms with Crippen molar-refractivity contribution in [3.8, 4) is 0 Å². The standard InChI is InChI=1S/C45H86O6/c1-5-9-12-15-18-21-24-27-30-33-36-42(46)49-39-45(8-4,40-50-43(47)37-34-31-28-25-22-19-16-13-10-6-2)41-51-44(48)38-35-32-29-26-23-20-17-14-11-7-3/h5-41H2,1-4H3. The summed E-state index contributed by atoms with van der Waals surface area (Å²) in [6, 6.07) is 0. The molecule has 0 spiro atoms. The van der Waals surface area contributed by atoms with E-state index in [1.807, 2.05) is 6.92 Å². The number of carbonyl (C=O) groups excluding carboxylic acids is 3. The molecule has 6 heteroatoms. The summed E-state index contributed by atoms with van der Waals surface area (Å²) in [6.45, 7) is 9.01. The van der Waals surface area contributed by atoms with E-state index in [0.29, 0.717) is 25.7 Å². The van der Waals surface area contributed by atoms with E-state index in [2.05, 4.69) is 20.8 Å². The van der Waals surface area contributed by atoms with Crippen molar-refractivity contribution in [3.05, 3.63) is 0 Å². The van der Waals surface area contributed by atoms with E-state index in [1.54, 1.807) is 0 Å². The molecule has 0 saturated heterocycles. The van der Waals surface area contributed by atoms with Crippen molar-refractivity contribution in [1.82, 2.24) is 0 Å². The van der Waals surface area contributed by atoms with Crippen LogP contribution in [0.25, 0.3) is 0 Å². The molecule has 0 radical (unpaired) electrons. The normalized spacial score (nSPS) is 11.5. The summed E-state index contributed by atoms with van der Waals surface area (Å²) < 4.78 is 17.3. The molecule has 0 fully saturated rings. The molecule has 0 atom stereocenters. The van der Waals surface area contributed by atoms with Gasteiger partial charge in [-0.1, -0.05) is 201 Å². The summed E-state index contributed by atoms with van der Waals surface area (Å²) in [5.41, 5.74) is -0.728. The van der Waals surface area contributed by atoms with E-state index in [0.717, 1.165) is 57.8 Å². The summed E-state index contributed by atoms with van der Waals surface area (Å²) in [4.78, 5) is 38.1. The van der Waals surface area contributed by atoms with Gasteiger partial charge in [-0.3, -0.25) is 14.4 Å². The van der Waals surface area contributed by atoms with E-state index < -0.39 is 5.41 Å². The predicted octanol–water partition coefficient (Wildman–Crippen LogP) is 13.9. The third-order valence-electron chi connectivity index (χ3n) is 10.6. The number of esters is 3. The Morgan fingerprint density at radius 2 is 0.510 bits per heavy atom. The monoisotopic (exact) mass is 723 g/mol. The van der Waals surface area contributed by atoms with Gasteiger partial charge < -0.3 is 14.2 Å². The van der Waals surface area contributed by atoms with Crippen molar-refractivity contribution in [1.29, 1.82) is 0 Å². The molecular weight excluding hydrogens is 636 g/mol. The third kappa shape index (κ3) is 34.0. The fraction of sp³-hybridized carbons (Fsp3) is 0.933. The minimum atomic E-state index is -0.728. The quantitative estimate of drug-likeness (QED) is 0.0356. The van der Waals surface area contributed by atoms with Crippen molar-refractivity contribution in [3.63, 3.8) is 0 Å². The Balaban J connectivity index is 4.62. The molecule has 0 rings (SSSR count). The first-order chi connectivity index (χ1) is 24.9. The maximum absolute atomic E-state index is 12.7. The highest BCUT2D eigenvalue weighted by atomic mass is 16.6. The van der Waals surface area contributed by atoms with Crippen LogP contribution < -0.4 is 0 Å². The minimum absolute atomic E-state index is 0.0944. The van der Waals surface area contributed by atoms with Gasteiger partial charge in [-0.05, 0) is 25.7 Å². The van der Waals surface area contributed by atoms with Crippen LogP contribution in [0.3, 0.4) is 0 Å². The smallest absolute Gasteiger partial charge is 0.305 e. The van der Waals surface area contributed by atoms with Crippen LogP contribution in [0.1, 0.15) is 246 Å². The highest BCUT2D eigenvalue weighted by Crippen LogP contribution is 2.26. The molecular formula is C45H86O6. The van der Waals surface area contributed by atoms with Gasteiger partial charge in [0, 0.05) is 19.3 Å². The molecule has 0 amide bonds. The van der Waals surface area contributed by atoms with Gasteiger partial charge in [0.05, 0.1) is 5.41 Å². The van der Waals surface area contributed by atoms with Crippen LogP contribution in [0.15, 0.2) is 0 Å². The molecule has 0 saturated carbocycles. The van der Waals surface area contributed by atoms with Crippen LogP contribution in [0, 0.1) is 5.41 Å². The lowest BCUT2D eigenvalue weighted by Crippen LogP contribution is -2.39. The Bertz CT molecular complexity index is 683. The van der Waals surface area contributed by atoms with Gasteiger partial charge in [0.1, 0.15) is 19.8 Å². The number of hydrogen-bond acceptors (Lipinski definition) is 6. The van der Waals surface area contributed by atoms with Gasteiger partial charge >= 0.3 is 17.9 Å². The molecule has 0 aromatic rings. The van der Waals surface area contributed by atoms with Crippen molar-refractivity contribution in [2.24, 2.45) is 5.41 Å². The summed E-state index contributed by atoms with van der Waals surface area (Å²) in [7, 11) is 0. The highest BCUT2D eigenvalue weighted by Gasteiger charge is 2.34. The van der Waals surface area contributed by atoms with Gasteiger partial charge in [-0.15, -0.1) is 0 Å². The Labute approximate surface area is 317 Å². The van der Waals surface area contributed by atoms with Crippen LogP contribution in [0.5, 0.6) is 0 Å². The predicted molar refractivity (Wildman–Crippen MR) is 215 cm³/mol. The SMILES string of the molecule is CCCCCCCCCCCCC(=O)OCC(CC)(COC(=O)CCCCCCCCCCCC)COC(=O)CCCCCCCCCCCC.